The topological polar surface area (TPSA) is 102 Å². The summed E-state index contributed by atoms with van der Waals surface area (Å²) >= 11 is 0. The van der Waals surface area contributed by atoms with Crippen LogP contribution >= 0.6 is 0 Å². The monoisotopic (exact) mass is 480 g/mol. The number of nitrogens with one attached hydrogen (secondary N) is 2. The van der Waals surface area contributed by atoms with Crippen molar-refractivity contribution in [2.24, 2.45) is 17.3 Å². The van der Waals surface area contributed by atoms with Crippen LogP contribution in [-0.4, -0.2) is 84.0 Å². The SMILES string of the molecule is CN[C@H](C(=O)N[C@H](C(=O)N(C)[C@H](/C=C(\C)C(=O)O)C(C)C)C(C)(C)C)C1CCCN(C(C)C)C1. The number of carbonyl (C=O) groups is 3. The van der Waals surface area contributed by atoms with E-state index in [4.69, 9.17) is 0 Å². The lowest BCUT2D eigenvalue weighted by molar-refractivity contribution is -0.141. The van der Waals surface area contributed by atoms with Gasteiger partial charge in [-0.25, -0.2) is 4.79 Å². The third-order valence-electron chi connectivity index (χ3n) is 6.92. The van der Waals surface area contributed by atoms with Crippen LogP contribution in [0.15, 0.2) is 11.6 Å². The van der Waals surface area contributed by atoms with Crippen LogP contribution in [0.4, 0.5) is 0 Å². The Morgan fingerprint density at radius 3 is 2.18 bits per heavy atom. The van der Waals surface area contributed by atoms with Crippen molar-refractivity contribution in [2.75, 3.05) is 27.2 Å². The van der Waals surface area contributed by atoms with Crippen LogP contribution in [-0.2, 0) is 14.4 Å². The van der Waals surface area contributed by atoms with Gasteiger partial charge in [-0.15, -0.1) is 0 Å². The number of hydrogen-bond acceptors (Lipinski definition) is 5. The second kappa shape index (κ2) is 12.7. The molecule has 0 radical (unpaired) electrons. The zero-order valence-electron chi connectivity index (χ0n) is 22.9. The molecule has 1 aliphatic rings. The van der Waals surface area contributed by atoms with Crippen LogP contribution in [0.2, 0.25) is 0 Å². The van der Waals surface area contributed by atoms with Gasteiger partial charge >= 0.3 is 5.97 Å². The van der Waals surface area contributed by atoms with E-state index in [1.807, 2.05) is 34.6 Å². The van der Waals surface area contributed by atoms with Crippen molar-refractivity contribution >= 4 is 17.8 Å². The Hall–Kier alpha value is -1.93. The summed E-state index contributed by atoms with van der Waals surface area (Å²) in [7, 11) is 3.48. The van der Waals surface area contributed by atoms with Gasteiger partial charge in [-0.2, -0.15) is 0 Å². The molecule has 0 aromatic rings. The van der Waals surface area contributed by atoms with Gasteiger partial charge in [0.1, 0.15) is 6.04 Å². The predicted molar refractivity (Wildman–Crippen MR) is 136 cm³/mol. The van der Waals surface area contributed by atoms with Gasteiger partial charge in [0.25, 0.3) is 0 Å². The summed E-state index contributed by atoms with van der Waals surface area (Å²) in [5.41, 5.74) is -0.333. The molecule has 1 unspecified atom stereocenters. The number of hydrogen-bond donors (Lipinski definition) is 3. The molecule has 1 fully saturated rings. The average Bonchev–Trinajstić information content (AvgIpc) is 2.74. The molecule has 4 atom stereocenters. The number of rotatable bonds is 10. The quantitative estimate of drug-likeness (QED) is 0.416. The van der Waals surface area contributed by atoms with Crippen molar-refractivity contribution in [1.82, 2.24) is 20.4 Å². The smallest absolute Gasteiger partial charge is 0.331 e. The Morgan fingerprint density at radius 1 is 1.15 bits per heavy atom. The lowest BCUT2D eigenvalue weighted by Gasteiger charge is -2.40. The molecule has 8 heteroatoms. The maximum atomic E-state index is 13.7. The van der Waals surface area contributed by atoms with Crippen LogP contribution in [0, 0.1) is 17.3 Å². The number of carbonyl (C=O) groups excluding carboxylic acids is 2. The van der Waals surface area contributed by atoms with Crippen LogP contribution in [0.5, 0.6) is 0 Å². The van der Waals surface area contributed by atoms with Gasteiger partial charge in [0.2, 0.25) is 11.8 Å². The fourth-order valence-corrected chi connectivity index (χ4v) is 4.67. The molecule has 0 spiro atoms. The Balaban J connectivity index is 3.14. The van der Waals surface area contributed by atoms with E-state index in [0.29, 0.717) is 6.04 Å². The number of amides is 2. The summed E-state index contributed by atoms with van der Waals surface area (Å²) in [5, 5.41) is 15.6. The van der Waals surface area contributed by atoms with Gasteiger partial charge in [-0.1, -0.05) is 40.7 Å². The minimum Gasteiger partial charge on any atom is -0.478 e. The summed E-state index contributed by atoms with van der Waals surface area (Å²) in [6.07, 6.45) is 3.63. The average molecular weight is 481 g/mol. The van der Waals surface area contributed by atoms with Gasteiger partial charge in [-0.3, -0.25) is 9.59 Å². The maximum Gasteiger partial charge on any atom is 0.331 e. The molecule has 0 aliphatic carbocycles. The van der Waals surface area contributed by atoms with Gasteiger partial charge in [-0.05, 0) is 64.5 Å². The van der Waals surface area contributed by atoms with E-state index in [1.54, 1.807) is 25.1 Å². The van der Waals surface area contributed by atoms with E-state index in [2.05, 4.69) is 29.4 Å². The first-order valence-corrected chi connectivity index (χ1v) is 12.5. The molecule has 0 aromatic heterocycles. The molecule has 196 valence electrons. The minimum absolute atomic E-state index is 0.00822. The number of aliphatic carboxylic acids is 1. The maximum absolute atomic E-state index is 13.7. The normalized spacial score (nSPS) is 20.7. The predicted octanol–water partition coefficient (Wildman–Crippen LogP) is 2.74. The highest BCUT2D eigenvalue weighted by Crippen LogP contribution is 2.26. The fourth-order valence-electron chi connectivity index (χ4n) is 4.67. The number of carboxylic acid groups (broad SMARTS) is 1. The molecule has 1 aliphatic heterocycles. The molecule has 1 saturated heterocycles. The van der Waals surface area contributed by atoms with Gasteiger partial charge in [0.15, 0.2) is 0 Å². The fraction of sp³-hybridized carbons (Fsp3) is 0.808. The van der Waals surface area contributed by atoms with Crippen LogP contribution in [0.3, 0.4) is 0 Å². The largest absolute Gasteiger partial charge is 0.478 e. The van der Waals surface area contributed by atoms with Crippen molar-refractivity contribution in [2.45, 2.75) is 92.4 Å². The first-order chi connectivity index (χ1) is 15.6. The third kappa shape index (κ3) is 8.08. The highest BCUT2D eigenvalue weighted by molar-refractivity contribution is 5.91. The number of likely N-dealkylation sites (tertiary alicyclic amines) is 1. The van der Waals surface area contributed by atoms with Gasteiger partial charge < -0.3 is 25.5 Å². The summed E-state index contributed by atoms with van der Waals surface area (Å²) < 4.78 is 0. The number of likely N-dealkylation sites (N-methyl/N-ethyl adjacent to an activating group) is 2. The Kier molecular flexibility index (Phi) is 11.2. The third-order valence-corrected chi connectivity index (χ3v) is 6.92. The highest BCUT2D eigenvalue weighted by Gasteiger charge is 2.40. The summed E-state index contributed by atoms with van der Waals surface area (Å²) in [4.78, 5) is 42.5. The second-order valence-corrected chi connectivity index (χ2v) is 11.4. The molecule has 1 rings (SSSR count). The first kappa shape index (κ1) is 30.1. The minimum atomic E-state index is -1.01. The standard InChI is InChI=1S/C26H48N4O4/c1-16(2)20(14-18(5)25(33)34)29(10)24(32)22(26(6,7)8)28-23(31)21(27-9)19-12-11-13-30(15-19)17(3)4/h14,16-17,19-22,27H,11-13,15H2,1-10H3,(H,28,31)(H,33,34)/b18-14+/t19?,20-,21+,22-/m1/s1. The summed E-state index contributed by atoms with van der Waals surface area (Å²) in [6.45, 7) is 17.5. The molecule has 0 bridgehead atoms. The first-order valence-electron chi connectivity index (χ1n) is 12.5. The van der Waals surface area contributed by atoms with Crippen LogP contribution in [0.1, 0.15) is 68.2 Å². The van der Waals surface area contributed by atoms with Gasteiger partial charge in [0, 0.05) is 25.2 Å². The van der Waals surface area contributed by atoms with E-state index in [-0.39, 0.29) is 35.3 Å². The summed E-state index contributed by atoms with van der Waals surface area (Å²) in [5.74, 6) is -1.23. The lowest BCUT2D eigenvalue weighted by Crippen LogP contribution is -2.61. The number of carboxylic acids is 1. The Morgan fingerprint density at radius 2 is 1.74 bits per heavy atom. The van der Waals surface area contributed by atoms with Crippen molar-refractivity contribution in [3.05, 3.63) is 11.6 Å². The molecule has 3 N–H and O–H groups in total. The van der Waals surface area contributed by atoms with E-state index in [0.717, 1.165) is 25.9 Å². The van der Waals surface area contributed by atoms with Crippen molar-refractivity contribution in [1.29, 1.82) is 0 Å². The molecule has 1 heterocycles. The van der Waals surface area contributed by atoms with E-state index < -0.39 is 23.5 Å². The summed E-state index contributed by atoms with van der Waals surface area (Å²) in [6, 6.07) is -1.11. The lowest BCUT2D eigenvalue weighted by atomic mass is 9.84. The van der Waals surface area contributed by atoms with Crippen molar-refractivity contribution in [3.8, 4) is 0 Å². The molecule has 8 nitrogen and oxygen atoms in total. The zero-order valence-corrected chi connectivity index (χ0v) is 22.9. The van der Waals surface area contributed by atoms with E-state index in [9.17, 15) is 19.5 Å². The van der Waals surface area contributed by atoms with E-state index in [1.165, 1.54) is 6.92 Å². The molecular formula is C26H48N4O4. The second-order valence-electron chi connectivity index (χ2n) is 11.4. The van der Waals surface area contributed by atoms with Gasteiger partial charge in [0.05, 0.1) is 12.1 Å². The van der Waals surface area contributed by atoms with E-state index >= 15 is 0 Å². The molecule has 34 heavy (non-hydrogen) atoms. The van der Waals surface area contributed by atoms with Crippen molar-refractivity contribution in [3.63, 3.8) is 0 Å². The van der Waals surface area contributed by atoms with Crippen molar-refractivity contribution < 1.29 is 19.5 Å². The molecular weight excluding hydrogens is 432 g/mol. The highest BCUT2D eigenvalue weighted by atomic mass is 16.4. The number of piperidine rings is 1. The molecule has 2 amide bonds. The molecule has 0 aromatic carbocycles. The van der Waals surface area contributed by atoms with Crippen LogP contribution in [0.25, 0.3) is 0 Å². The van der Waals surface area contributed by atoms with Crippen LogP contribution < -0.4 is 10.6 Å². The Labute approximate surface area is 206 Å². The zero-order chi connectivity index (χ0) is 26.4. The number of nitrogens with zero attached hydrogens (tertiary/aromatic N) is 2. The molecule has 0 saturated carbocycles. The Bertz CT molecular complexity index is 742.